The van der Waals surface area contributed by atoms with Crippen molar-refractivity contribution in [3.63, 3.8) is 0 Å². The van der Waals surface area contributed by atoms with Crippen LogP contribution < -0.4 is 4.74 Å². The van der Waals surface area contributed by atoms with E-state index in [9.17, 15) is 14.4 Å². The van der Waals surface area contributed by atoms with Crippen LogP contribution in [0.3, 0.4) is 0 Å². The van der Waals surface area contributed by atoms with Crippen molar-refractivity contribution >= 4 is 29.3 Å². The number of piperidine rings is 1. The molecule has 0 aliphatic carbocycles. The van der Waals surface area contributed by atoms with Crippen LogP contribution in [-0.2, 0) is 9.59 Å². The Kier molecular flexibility index (Phi) is 8.06. The van der Waals surface area contributed by atoms with E-state index in [0.717, 1.165) is 5.75 Å². The zero-order valence-corrected chi connectivity index (χ0v) is 20.0. The molecule has 2 saturated heterocycles. The van der Waals surface area contributed by atoms with Crippen molar-refractivity contribution in [2.75, 3.05) is 45.9 Å². The van der Waals surface area contributed by atoms with E-state index in [1.165, 1.54) is 0 Å². The van der Waals surface area contributed by atoms with E-state index >= 15 is 0 Å². The number of halogens is 1. The maximum atomic E-state index is 13.0. The molecule has 180 valence electrons. The minimum atomic E-state index is -0.0696. The second kappa shape index (κ2) is 11.4. The van der Waals surface area contributed by atoms with Gasteiger partial charge in [-0.05, 0) is 43.2 Å². The molecule has 2 heterocycles. The molecule has 2 aromatic rings. The van der Waals surface area contributed by atoms with Gasteiger partial charge in [-0.1, -0.05) is 35.9 Å². The van der Waals surface area contributed by atoms with Crippen LogP contribution in [0, 0.1) is 5.92 Å². The minimum Gasteiger partial charge on any atom is -0.493 e. The number of para-hydroxylation sites is 1. The number of benzene rings is 2. The number of carbonyl (C=O) groups is 3. The van der Waals surface area contributed by atoms with Gasteiger partial charge in [0.25, 0.3) is 5.91 Å². The number of hydrogen-bond donors (Lipinski definition) is 0. The Balaban J connectivity index is 1.18. The van der Waals surface area contributed by atoms with Gasteiger partial charge >= 0.3 is 0 Å². The summed E-state index contributed by atoms with van der Waals surface area (Å²) >= 11 is 6.00. The van der Waals surface area contributed by atoms with Crippen molar-refractivity contribution in [2.24, 2.45) is 5.92 Å². The van der Waals surface area contributed by atoms with Gasteiger partial charge in [-0.15, -0.1) is 0 Å². The Morgan fingerprint density at radius 1 is 0.824 bits per heavy atom. The van der Waals surface area contributed by atoms with Gasteiger partial charge in [-0.25, -0.2) is 0 Å². The molecule has 0 unspecified atom stereocenters. The normalized spacial score (nSPS) is 16.9. The van der Waals surface area contributed by atoms with Gasteiger partial charge in [0.1, 0.15) is 5.75 Å². The highest BCUT2D eigenvalue weighted by Gasteiger charge is 2.32. The number of amides is 3. The first kappa shape index (κ1) is 24.1. The predicted molar refractivity (Wildman–Crippen MR) is 130 cm³/mol. The summed E-state index contributed by atoms with van der Waals surface area (Å²) in [5.41, 5.74) is 0.568. The lowest BCUT2D eigenvalue weighted by molar-refractivity contribution is -0.142. The monoisotopic (exact) mass is 483 g/mol. The topological polar surface area (TPSA) is 70.2 Å². The zero-order valence-electron chi connectivity index (χ0n) is 19.2. The highest BCUT2D eigenvalue weighted by molar-refractivity contribution is 6.30. The lowest BCUT2D eigenvalue weighted by Crippen LogP contribution is -2.53. The summed E-state index contributed by atoms with van der Waals surface area (Å²) in [4.78, 5) is 43.7. The van der Waals surface area contributed by atoms with Crippen LogP contribution in [0.2, 0.25) is 5.02 Å². The first-order valence-corrected chi connectivity index (χ1v) is 12.2. The van der Waals surface area contributed by atoms with Crippen LogP contribution >= 0.6 is 11.6 Å². The lowest BCUT2D eigenvalue weighted by atomic mass is 9.94. The van der Waals surface area contributed by atoms with Crippen molar-refractivity contribution < 1.29 is 19.1 Å². The van der Waals surface area contributed by atoms with Gasteiger partial charge < -0.3 is 19.4 Å². The summed E-state index contributed by atoms with van der Waals surface area (Å²) in [7, 11) is 0. The van der Waals surface area contributed by atoms with Crippen molar-refractivity contribution in [2.45, 2.75) is 19.3 Å². The summed E-state index contributed by atoms with van der Waals surface area (Å²) in [6.07, 6.45) is 1.67. The number of ether oxygens (including phenoxy) is 1. The SMILES string of the molecule is O=C(CCOc1ccccc1)N1CCC(C(=O)N2CCN(C(=O)c3cccc(Cl)c3)CC2)CC1. The molecular formula is C26H30ClN3O4. The van der Waals surface area contributed by atoms with Crippen LogP contribution in [0.15, 0.2) is 54.6 Å². The van der Waals surface area contributed by atoms with Crippen molar-refractivity contribution in [1.82, 2.24) is 14.7 Å². The number of hydrogen-bond acceptors (Lipinski definition) is 4. The molecule has 34 heavy (non-hydrogen) atoms. The van der Waals surface area contributed by atoms with Crippen LogP contribution in [0.5, 0.6) is 5.75 Å². The van der Waals surface area contributed by atoms with Gasteiger partial charge in [-0.3, -0.25) is 14.4 Å². The second-order valence-corrected chi connectivity index (χ2v) is 9.13. The number of piperazine rings is 1. The Hall–Kier alpha value is -3.06. The lowest BCUT2D eigenvalue weighted by Gasteiger charge is -2.38. The van der Waals surface area contributed by atoms with Crippen LogP contribution in [0.4, 0.5) is 0 Å². The molecule has 3 amide bonds. The van der Waals surface area contributed by atoms with Crippen molar-refractivity contribution in [1.29, 1.82) is 0 Å². The summed E-state index contributed by atoms with van der Waals surface area (Å²) < 4.78 is 5.62. The molecule has 8 heteroatoms. The van der Waals surface area contributed by atoms with E-state index in [1.807, 2.05) is 40.1 Å². The Bertz CT molecular complexity index is 1000. The molecule has 7 nitrogen and oxygen atoms in total. The summed E-state index contributed by atoms with van der Waals surface area (Å²) in [5.74, 6) is 0.829. The van der Waals surface area contributed by atoms with Crippen LogP contribution in [0.25, 0.3) is 0 Å². The number of carbonyl (C=O) groups excluding carboxylic acids is 3. The third kappa shape index (κ3) is 6.08. The van der Waals surface area contributed by atoms with E-state index in [-0.39, 0.29) is 23.6 Å². The predicted octanol–water partition coefficient (Wildman–Crippen LogP) is 3.33. The first-order chi connectivity index (χ1) is 16.5. The highest BCUT2D eigenvalue weighted by Crippen LogP contribution is 2.22. The summed E-state index contributed by atoms with van der Waals surface area (Å²) in [6, 6.07) is 16.4. The molecule has 0 saturated carbocycles. The molecule has 4 rings (SSSR count). The zero-order chi connectivity index (χ0) is 23.9. The Morgan fingerprint density at radius 2 is 1.50 bits per heavy atom. The number of likely N-dealkylation sites (tertiary alicyclic amines) is 1. The highest BCUT2D eigenvalue weighted by atomic mass is 35.5. The maximum absolute atomic E-state index is 13.0. The quantitative estimate of drug-likeness (QED) is 0.632. The largest absolute Gasteiger partial charge is 0.493 e. The van der Waals surface area contributed by atoms with Gasteiger partial charge in [0, 0.05) is 55.8 Å². The number of rotatable bonds is 6. The van der Waals surface area contributed by atoms with Gasteiger partial charge in [0.15, 0.2) is 0 Å². The van der Waals surface area contributed by atoms with E-state index < -0.39 is 0 Å². The second-order valence-electron chi connectivity index (χ2n) is 8.69. The van der Waals surface area contributed by atoms with E-state index in [1.54, 1.807) is 29.2 Å². The molecule has 2 aliphatic heterocycles. The van der Waals surface area contributed by atoms with Crippen LogP contribution in [-0.4, -0.2) is 78.3 Å². The summed E-state index contributed by atoms with van der Waals surface area (Å²) in [5, 5.41) is 0.535. The van der Waals surface area contributed by atoms with Crippen molar-refractivity contribution in [3.8, 4) is 5.75 Å². The number of nitrogens with zero attached hydrogens (tertiary/aromatic N) is 3. The van der Waals surface area contributed by atoms with Gasteiger partial charge in [-0.2, -0.15) is 0 Å². The molecule has 2 aliphatic rings. The molecule has 0 aromatic heterocycles. The fourth-order valence-corrected chi connectivity index (χ4v) is 4.69. The van der Waals surface area contributed by atoms with Gasteiger partial charge in [0.05, 0.1) is 13.0 Å². The molecule has 0 atom stereocenters. The molecule has 0 bridgehead atoms. The maximum Gasteiger partial charge on any atom is 0.254 e. The summed E-state index contributed by atoms with van der Waals surface area (Å²) in [6.45, 7) is 3.61. The van der Waals surface area contributed by atoms with Crippen LogP contribution in [0.1, 0.15) is 29.6 Å². The Morgan fingerprint density at radius 3 is 2.18 bits per heavy atom. The first-order valence-electron chi connectivity index (χ1n) is 11.8. The van der Waals surface area contributed by atoms with E-state index in [2.05, 4.69) is 0 Å². The van der Waals surface area contributed by atoms with E-state index in [0.29, 0.717) is 75.7 Å². The third-order valence-electron chi connectivity index (χ3n) is 6.47. The Labute approximate surface area is 205 Å². The molecule has 0 radical (unpaired) electrons. The average molecular weight is 484 g/mol. The minimum absolute atomic E-state index is 0.0577. The van der Waals surface area contributed by atoms with E-state index in [4.69, 9.17) is 16.3 Å². The fourth-order valence-electron chi connectivity index (χ4n) is 4.50. The molecular weight excluding hydrogens is 454 g/mol. The van der Waals surface area contributed by atoms with Crippen molar-refractivity contribution in [3.05, 3.63) is 65.2 Å². The standard InChI is InChI=1S/C26H30ClN3O4/c27-22-6-4-5-21(19-22)26(33)30-16-14-29(15-17-30)25(32)20-9-12-28(13-10-20)24(31)11-18-34-23-7-2-1-3-8-23/h1-8,19-20H,9-18H2. The van der Waals surface area contributed by atoms with Gasteiger partial charge in [0.2, 0.25) is 11.8 Å². The average Bonchev–Trinajstić information content (AvgIpc) is 2.88. The third-order valence-corrected chi connectivity index (χ3v) is 6.71. The molecule has 2 aromatic carbocycles. The fraction of sp³-hybridized carbons (Fsp3) is 0.423. The molecule has 2 fully saturated rings. The smallest absolute Gasteiger partial charge is 0.254 e. The molecule has 0 N–H and O–H groups in total. The molecule has 0 spiro atoms.